The normalized spacial score (nSPS) is 12.5. The SMILES string of the molecule is C[S+]([O-])c1c(C#N)nn(-c2c(Cl)cc(C(F)(F)F)cc2Cl)c1NCc1cnccn1. The van der Waals surface area contributed by atoms with Gasteiger partial charge in [-0.1, -0.05) is 23.2 Å². The van der Waals surface area contributed by atoms with Crippen molar-refractivity contribution in [2.75, 3.05) is 11.6 Å². The van der Waals surface area contributed by atoms with E-state index in [1.807, 2.05) is 6.07 Å². The highest BCUT2D eigenvalue weighted by molar-refractivity contribution is 7.91. The standard InChI is InChI=1S/C17H11Cl2F3N6OS/c1-30(29)15-13(6-23)27-28(16(15)26-8-10-7-24-2-3-25-10)14-11(18)4-9(5-12(14)19)17(20,21)22/h2-5,7,26H,8H2,1H3. The molecule has 3 aromatic rings. The molecule has 0 saturated carbocycles. The molecule has 1 unspecified atom stereocenters. The highest BCUT2D eigenvalue weighted by Crippen LogP contribution is 2.39. The maximum Gasteiger partial charge on any atom is 0.416 e. The van der Waals surface area contributed by atoms with E-state index in [1.165, 1.54) is 24.8 Å². The van der Waals surface area contributed by atoms with Gasteiger partial charge in [0.1, 0.15) is 18.0 Å². The Hall–Kier alpha value is -2.52. The molecular weight excluding hydrogens is 464 g/mol. The maximum absolute atomic E-state index is 13.1. The van der Waals surface area contributed by atoms with Gasteiger partial charge in [0.2, 0.25) is 10.6 Å². The number of hydrogen-bond donors (Lipinski definition) is 1. The van der Waals surface area contributed by atoms with Crippen LogP contribution in [0.4, 0.5) is 19.0 Å². The molecule has 13 heteroatoms. The molecule has 2 heterocycles. The summed E-state index contributed by atoms with van der Waals surface area (Å²) in [7, 11) is 0. The largest absolute Gasteiger partial charge is 0.611 e. The van der Waals surface area contributed by atoms with Crippen LogP contribution >= 0.6 is 23.2 Å². The maximum atomic E-state index is 13.1. The Kier molecular flexibility index (Phi) is 6.42. The molecule has 7 nitrogen and oxygen atoms in total. The summed E-state index contributed by atoms with van der Waals surface area (Å²) in [6.07, 6.45) is 1.12. The zero-order valence-electron chi connectivity index (χ0n) is 15.0. The smallest absolute Gasteiger partial charge is 0.416 e. The number of nitriles is 1. The van der Waals surface area contributed by atoms with Crippen molar-refractivity contribution in [3.8, 4) is 11.8 Å². The zero-order chi connectivity index (χ0) is 22.1. The Morgan fingerprint density at radius 2 is 1.93 bits per heavy atom. The van der Waals surface area contributed by atoms with Crippen molar-refractivity contribution in [3.63, 3.8) is 0 Å². The Bertz CT molecular complexity index is 1090. The Morgan fingerprint density at radius 1 is 1.27 bits per heavy atom. The van der Waals surface area contributed by atoms with Gasteiger partial charge < -0.3 is 9.87 Å². The van der Waals surface area contributed by atoms with Crippen LogP contribution in [0.15, 0.2) is 35.6 Å². The molecule has 1 atom stereocenters. The van der Waals surface area contributed by atoms with Crippen LogP contribution in [0.25, 0.3) is 5.69 Å². The van der Waals surface area contributed by atoms with Crippen LogP contribution in [0.1, 0.15) is 17.0 Å². The first-order valence-electron chi connectivity index (χ1n) is 8.05. The molecule has 1 aromatic carbocycles. The van der Waals surface area contributed by atoms with Gasteiger partial charge in [0.15, 0.2) is 5.82 Å². The number of anilines is 1. The lowest BCUT2D eigenvalue weighted by Crippen LogP contribution is -2.12. The van der Waals surface area contributed by atoms with Crippen LogP contribution in [0, 0.1) is 11.3 Å². The molecule has 1 N–H and O–H groups in total. The highest BCUT2D eigenvalue weighted by atomic mass is 35.5. The molecular formula is C17H11Cl2F3N6OS. The van der Waals surface area contributed by atoms with Crippen molar-refractivity contribution in [3.05, 3.63) is 57.7 Å². The molecule has 0 bridgehead atoms. The number of rotatable bonds is 5. The minimum Gasteiger partial charge on any atom is -0.611 e. The number of aromatic nitrogens is 4. The third-order valence-electron chi connectivity index (χ3n) is 3.84. The number of alkyl halides is 3. The lowest BCUT2D eigenvalue weighted by Gasteiger charge is -2.15. The van der Waals surface area contributed by atoms with Gasteiger partial charge in [0, 0.05) is 12.4 Å². The first-order valence-corrected chi connectivity index (χ1v) is 10.4. The van der Waals surface area contributed by atoms with Gasteiger partial charge in [-0.05, 0) is 23.3 Å². The van der Waals surface area contributed by atoms with Crippen LogP contribution < -0.4 is 5.32 Å². The number of nitrogens with zero attached hydrogens (tertiary/aromatic N) is 5. The average Bonchev–Trinajstić information content (AvgIpc) is 3.04. The van der Waals surface area contributed by atoms with E-state index in [9.17, 15) is 23.0 Å². The van der Waals surface area contributed by atoms with Gasteiger partial charge in [-0.3, -0.25) is 9.97 Å². The lowest BCUT2D eigenvalue weighted by molar-refractivity contribution is -0.137. The summed E-state index contributed by atoms with van der Waals surface area (Å²) in [6.45, 7) is 0.102. The summed E-state index contributed by atoms with van der Waals surface area (Å²) >= 11 is 10.5. The predicted octanol–water partition coefficient (Wildman–Crippen LogP) is 4.21. The first-order chi connectivity index (χ1) is 14.1. The monoisotopic (exact) mass is 474 g/mol. The summed E-state index contributed by atoms with van der Waals surface area (Å²) in [5.41, 5.74) is -0.811. The van der Waals surface area contributed by atoms with Crippen LogP contribution in [0.2, 0.25) is 10.0 Å². The molecule has 0 aliphatic carbocycles. The molecule has 0 aliphatic rings. The molecule has 0 saturated heterocycles. The van der Waals surface area contributed by atoms with Gasteiger partial charge in [-0.25, -0.2) is 4.68 Å². The third-order valence-corrected chi connectivity index (χ3v) is 5.38. The van der Waals surface area contributed by atoms with Crippen molar-refractivity contribution in [2.24, 2.45) is 0 Å². The summed E-state index contributed by atoms with van der Waals surface area (Å²) in [4.78, 5) is 8.08. The average molecular weight is 475 g/mol. The minimum atomic E-state index is -4.66. The van der Waals surface area contributed by atoms with E-state index < -0.39 is 22.9 Å². The van der Waals surface area contributed by atoms with Gasteiger partial charge in [-0.2, -0.15) is 18.4 Å². The Balaban J connectivity index is 2.16. The van der Waals surface area contributed by atoms with E-state index in [2.05, 4.69) is 20.4 Å². The Morgan fingerprint density at radius 3 is 2.43 bits per heavy atom. The van der Waals surface area contributed by atoms with E-state index in [4.69, 9.17) is 23.2 Å². The van der Waals surface area contributed by atoms with Crippen molar-refractivity contribution in [1.29, 1.82) is 5.26 Å². The van der Waals surface area contributed by atoms with Gasteiger partial charge in [0.25, 0.3) is 0 Å². The molecule has 0 fully saturated rings. The summed E-state index contributed by atoms with van der Waals surface area (Å²) in [5, 5.41) is 15.7. The zero-order valence-corrected chi connectivity index (χ0v) is 17.4. The molecule has 3 rings (SSSR count). The fraction of sp³-hybridized carbons (Fsp3) is 0.176. The number of benzene rings is 1. The minimum absolute atomic E-state index is 0.0495. The van der Waals surface area contributed by atoms with E-state index in [1.54, 1.807) is 0 Å². The second kappa shape index (κ2) is 8.69. The fourth-order valence-corrected chi connectivity index (χ4v) is 4.03. The van der Waals surface area contributed by atoms with Gasteiger partial charge in [-0.15, -0.1) is 5.10 Å². The second-order valence-electron chi connectivity index (χ2n) is 5.84. The first kappa shape index (κ1) is 22.2. The molecule has 30 heavy (non-hydrogen) atoms. The number of halogens is 5. The quantitative estimate of drug-likeness (QED) is 0.555. The molecule has 0 spiro atoms. The molecule has 156 valence electrons. The van der Waals surface area contributed by atoms with E-state index in [0.717, 1.165) is 4.68 Å². The van der Waals surface area contributed by atoms with Gasteiger partial charge in [0.05, 0.1) is 34.0 Å². The summed E-state index contributed by atoms with van der Waals surface area (Å²) in [6, 6.07) is 3.22. The molecule has 0 aliphatic heterocycles. The highest BCUT2D eigenvalue weighted by Gasteiger charge is 2.34. The Labute approximate surface area is 181 Å². The predicted molar refractivity (Wildman–Crippen MR) is 105 cm³/mol. The summed E-state index contributed by atoms with van der Waals surface area (Å²) < 4.78 is 52.5. The van der Waals surface area contributed by atoms with Crippen molar-refractivity contribution in [2.45, 2.75) is 17.6 Å². The van der Waals surface area contributed by atoms with Gasteiger partial charge >= 0.3 is 6.18 Å². The number of nitrogens with one attached hydrogen (secondary N) is 1. The van der Waals surface area contributed by atoms with Crippen molar-refractivity contribution in [1.82, 2.24) is 19.7 Å². The molecule has 0 radical (unpaired) electrons. The van der Waals surface area contributed by atoms with Crippen LogP contribution in [-0.2, 0) is 23.9 Å². The number of hydrogen-bond acceptors (Lipinski definition) is 6. The van der Waals surface area contributed by atoms with Crippen LogP contribution in [-0.4, -0.2) is 30.6 Å². The summed E-state index contributed by atoms with van der Waals surface area (Å²) in [5.74, 6) is 0.0848. The van der Waals surface area contributed by atoms with Crippen molar-refractivity contribution >= 4 is 40.2 Å². The topological polar surface area (TPSA) is 102 Å². The van der Waals surface area contributed by atoms with Crippen LogP contribution in [0.5, 0.6) is 0 Å². The molecule has 0 amide bonds. The second-order valence-corrected chi connectivity index (χ2v) is 7.97. The fourth-order valence-electron chi connectivity index (χ4n) is 2.59. The van der Waals surface area contributed by atoms with Crippen molar-refractivity contribution < 1.29 is 17.7 Å². The molecule has 2 aromatic heterocycles. The van der Waals surface area contributed by atoms with E-state index >= 15 is 0 Å². The van der Waals surface area contributed by atoms with E-state index in [-0.39, 0.29) is 38.7 Å². The van der Waals surface area contributed by atoms with E-state index in [0.29, 0.717) is 17.8 Å². The lowest BCUT2D eigenvalue weighted by atomic mass is 10.2. The van der Waals surface area contributed by atoms with Crippen LogP contribution in [0.3, 0.4) is 0 Å². The third kappa shape index (κ3) is 4.46.